The molecule has 5 rings (SSSR count). The largest absolute Gasteiger partial charge is 0.325 e. The monoisotopic (exact) mass is 474 g/mol. The normalized spacial score (nSPS) is 17.8. The molecule has 0 bridgehead atoms. The van der Waals surface area contributed by atoms with E-state index in [-0.39, 0.29) is 18.0 Å². The minimum absolute atomic E-state index is 0.0487. The van der Waals surface area contributed by atoms with Gasteiger partial charge in [-0.05, 0) is 43.5 Å². The first-order chi connectivity index (χ1) is 16.6. The fourth-order valence-corrected chi connectivity index (χ4v) is 5.26. The van der Waals surface area contributed by atoms with Gasteiger partial charge >= 0.3 is 0 Å². The van der Waals surface area contributed by atoms with Gasteiger partial charge in [-0.3, -0.25) is 14.2 Å². The van der Waals surface area contributed by atoms with Crippen molar-refractivity contribution < 1.29 is 4.79 Å². The molecular weight excluding hydrogens is 444 g/mol. The highest BCUT2D eigenvalue weighted by Crippen LogP contribution is 2.37. The van der Waals surface area contributed by atoms with Gasteiger partial charge in [0.25, 0.3) is 5.56 Å². The van der Waals surface area contributed by atoms with Gasteiger partial charge in [-0.1, -0.05) is 55.0 Å². The maximum Gasteiger partial charge on any atom is 0.264 e. The van der Waals surface area contributed by atoms with Crippen LogP contribution in [0.3, 0.4) is 0 Å². The predicted octanol–water partition coefficient (Wildman–Crippen LogP) is 3.65. The number of fused-ring (bicyclic) bond motifs is 1. The maximum atomic E-state index is 13.8. The number of rotatable bonds is 7. The van der Waals surface area contributed by atoms with Crippen LogP contribution >= 0.6 is 12.6 Å². The lowest BCUT2D eigenvalue weighted by Gasteiger charge is -2.35. The summed E-state index contributed by atoms with van der Waals surface area (Å²) >= 11 is 4.75. The van der Waals surface area contributed by atoms with Crippen molar-refractivity contribution in [2.45, 2.75) is 43.4 Å². The van der Waals surface area contributed by atoms with Crippen LogP contribution in [0.4, 0.5) is 0 Å². The van der Waals surface area contributed by atoms with E-state index < -0.39 is 5.37 Å². The second-order valence-electron chi connectivity index (χ2n) is 9.06. The van der Waals surface area contributed by atoms with Crippen molar-refractivity contribution in [2.75, 3.05) is 19.6 Å². The van der Waals surface area contributed by atoms with E-state index in [0.717, 1.165) is 36.5 Å². The van der Waals surface area contributed by atoms with Crippen LogP contribution in [0, 0.1) is 0 Å². The number of carbonyl (C=O) groups excluding carboxylic acids is 1. The molecule has 1 fully saturated rings. The zero-order valence-electron chi connectivity index (χ0n) is 19.2. The molecule has 0 saturated heterocycles. The van der Waals surface area contributed by atoms with E-state index in [0.29, 0.717) is 31.0 Å². The lowest BCUT2D eigenvalue weighted by molar-refractivity contribution is -0.131. The van der Waals surface area contributed by atoms with Crippen molar-refractivity contribution in [3.63, 3.8) is 0 Å². The topological polar surface area (TPSA) is 67.2 Å². The third-order valence-electron chi connectivity index (χ3n) is 6.88. The second-order valence-corrected chi connectivity index (χ2v) is 9.55. The Morgan fingerprint density at radius 3 is 2.44 bits per heavy atom. The van der Waals surface area contributed by atoms with Crippen LogP contribution in [-0.2, 0) is 17.6 Å². The molecule has 1 atom stereocenters. The number of carbonyl (C=O) groups is 1. The molecule has 34 heavy (non-hydrogen) atoms. The van der Waals surface area contributed by atoms with Crippen LogP contribution in [0.15, 0.2) is 65.5 Å². The van der Waals surface area contributed by atoms with E-state index in [2.05, 4.69) is 17.4 Å². The zero-order valence-corrected chi connectivity index (χ0v) is 20.1. The summed E-state index contributed by atoms with van der Waals surface area (Å²) in [5, 5.41) is 2.64. The number of hydrogen-bond acceptors (Lipinski definition) is 5. The lowest BCUT2D eigenvalue weighted by atomic mass is 9.84. The first-order valence-corrected chi connectivity index (χ1v) is 12.6. The third kappa shape index (κ3) is 4.55. The average Bonchev–Trinajstić information content (AvgIpc) is 2.82. The Morgan fingerprint density at radius 2 is 1.76 bits per heavy atom. The first kappa shape index (κ1) is 22.9. The van der Waals surface area contributed by atoms with Gasteiger partial charge in [0.1, 0.15) is 11.2 Å². The molecule has 0 spiro atoms. The number of amides is 1. The number of nitrogens with one attached hydrogen (secondary N) is 1. The third-order valence-corrected chi connectivity index (χ3v) is 7.42. The smallest absolute Gasteiger partial charge is 0.264 e. The molecule has 6 nitrogen and oxygen atoms in total. The molecule has 176 valence electrons. The van der Waals surface area contributed by atoms with E-state index in [1.807, 2.05) is 48.5 Å². The minimum atomic E-state index is -0.599. The molecule has 2 heterocycles. The van der Waals surface area contributed by atoms with Gasteiger partial charge in [-0.15, -0.1) is 12.6 Å². The molecule has 2 aromatic carbocycles. The number of aromatic nitrogens is 2. The van der Waals surface area contributed by atoms with Gasteiger partial charge in [0.05, 0.1) is 23.5 Å². The Morgan fingerprint density at radius 1 is 1.06 bits per heavy atom. The van der Waals surface area contributed by atoms with Gasteiger partial charge < -0.3 is 10.2 Å². The van der Waals surface area contributed by atoms with Gasteiger partial charge in [0.2, 0.25) is 5.91 Å². The van der Waals surface area contributed by atoms with Crippen molar-refractivity contribution in [1.82, 2.24) is 19.8 Å². The van der Waals surface area contributed by atoms with Gasteiger partial charge in [-0.25, -0.2) is 4.98 Å². The van der Waals surface area contributed by atoms with Gasteiger partial charge in [-0.2, -0.15) is 0 Å². The van der Waals surface area contributed by atoms with E-state index in [4.69, 9.17) is 17.6 Å². The summed E-state index contributed by atoms with van der Waals surface area (Å²) in [5.41, 5.74) is 3.26. The highest BCUT2D eigenvalue weighted by molar-refractivity contribution is 7.80. The fourth-order valence-electron chi connectivity index (χ4n) is 4.75. The molecule has 1 unspecified atom stereocenters. The molecule has 1 aliphatic heterocycles. The minimum Gasteiger partial charge on any atom is -0.325 e. The first-order valence-electron chi connectivity index (χ1n) is 12.1. The number of benzene rings is 2. The molecule has 1 saturated carbocycles. The highest BCUT2D eigenvalue weighted by Gasteiger charge is 2.35. The van der Waals surface area contributed by atoms with Gasteiger partial charge in [0, 0.05) is 18.9 Å². The summed E-state index contributed by atoms with van der Waals surface area (Å²) in [6.45, 7) is 1.45. The molecule has 1 aromatic heterocycles. The quantitative estimate of drug-likeness (QED) is 0.405. The van der Waals surface area contributed by atoms with Crippen LogP contribution in [-0.4, -0.2) is 40.0 Å². The van der Waals surface area contributed by atoms with Crippen molar-refractivity contribution >= 4 is 18.5 Å². The molecule has 1 N–H and O–H groups in total. The summed E-state index contributed by atoms with van der Waals surface area (Å²) in [4.78, 5) is 33.5. The van der Waals surface area contributed by atoms with E-state index in [1.54, 1.807) is 9.47 Å². The Bertz CT molecular complexity index is 1210. The Kier molecular flexibility index (Phi) is 6.83. The summed E-state index contributed by atoms with van der Waals surface area (Å²) in [5.74, 6) is 1.11. The maximum absolute atomic E-state index is 13.8. The summed E-state index contributed by atoms with van der Waals surface area (Å²) < 4.78 is 1.75. The van der Waals surface area contributed by atoms with Crippen LogP contribution < -0.4 is 10.9 Å². The summed E-state index contributed by atoms with van der Waals surface area (Å²) in [7, 11) is 0. The van der Waals surface area contributed by atoms with Crippen molar-refractivity contribution in [3.05, 3.63) is 93.7 Å². The van der Waals surface area contributed by atoms with Crippen LogP contribution in [0.1, 0.15) is 53.2 Å². The van der Waals surface area contributed by atoms with Crippen molar-refractivity contribution in [2.24, 2.45) is 0 Å². The van der Waals surface area contributed by atoms with E-state index in [9.17, 15) is 9.59 Å². The van der Waals surface area contributed by atoms with E-state index in [1.165, 1.54) is 12.0 Å². The summed E-state index contributed by atoms with van der Waals surface area (Å²) in [6, 6.07) is 19.9. The van der Waals surface area contributed by atoms with Crippen molar-refractivity contribution in [1.29, 1.82) is 0 Å². The second kappa shape index (κ2) is 10.2. The molecular formula is C27H30N4O2S. The standard InChI is InChI=1S/C27H30N4O2S/c32-23(18-28-16-14-19-8-3-1-4-9-19)30-17-15-22-24(27(30)34)26(33)31(21-12-5-2-6-13-21)25(29-22)20-10-7-11-20/h1-6,8-9,12-13,20,27-28,34H,7,10-11,14-18H2. The Balaban J connectivity index is 1.35. The zero-order chi connectivity index (χ0) is 23.5. The summed E-state index contributed by atoms with van der Waals surface area (Å²) in [6.07, 6.45) is 4.72. The molecule has 1 aliphatic carbocycles. The number of para-hydroxylation sites is 1. The number of thiol groups is 1. The van der Waals surface area contributed by atoms with Crippen molar-refractivity contribution in [3.8, 4) is 5.69 Å². The SMILES string of the molecule is O=C(CNCCc1ccccc1)N1CCc2nc(C3CCC3)n(-c3ccccc3)c(=O)c2C1S. The molecule has 2 aliphatic rings. The Labute approximate surface area is 205 Å². The van der Waals surface area contributed by atoms with E-state index >= 15 is 0 Å². The Hall–Kier alpha value is -2.90. The number of hydrogen-bond donors (Lipinski definition) is 2. The fraction of sp³-hybridized carbons (Fsp3) is 0.370. The molecule has 7 heteroatoms. The number of nitrogens with zero attached hydrogens (tertiary/aromatic N) is 3. The highest BCUT2D eigenvalue weighted by atomic mass is 32.1. The molecule has 0 radical (unpaired) electrons. The van der Waals surface area contributed by atoms with Gasteiger partial charge in [0.15, 0.2) is 0 Å². The average molecular weight is 475 g/mol. The van der Waals surface area contributed by atoms with Crippen LogP contribution in [0.2, 0.25) is 0 Å². The van der Waals surface area contributed by atoms with Crippen LogP contribution in [0.25, 0.3) is 5.69 Å². The lowest BCUT2D eigenvalue weighted by Crippen LogP contribution is -2.46. The van der Waals surface area contributed by atoms with Crippen LogP contribution in [0.5, 0.6) is 0 Å². The molecule has 1 amide bonds. The predicted molar refractivity (Wildman–Crippen MR) is 137 cm³/mol. The molecule has 3 aromatic rings.